The van der Waals surface area contributed by atoms with Gasteiger partial charge in [-0.3, -0.25) is 4.79 Å². The van der Waals surface area contributed by atoms with E-state index in [1.54, 1.807) is 0 Å². The average Bonchev–Trinajstić information content (AvgIpc) is 2.59. The summed E-state index contributed by atoms with van der Waals surface area (Å²) in [4.78, 5) is 12.3. The summed E-state index contributed by atoms with van der Waals surface area (Å²) in [6.07, 6.45) is 1.02. The highest BCUT2D eigenvalue weighted by Crippen LogP contribution is 2.27. The van der Waals surface area contributed by atoms with Crippen molar-refractivity contribution < 1.29 is 9.53 Å². The van der Waals surface area contributed by atoms with Gasteiger partial charge < -0.3 is 10.1 Å². The van der Waals surface area contributed by atoms with E-state index in [1.165, 1.54) is 5.56 Å². The topological polar surface area (TPSA) is 38.3 Å². The van der Waals surface area contributed by atoms with Crippen LogP contribution in [0.2, 0.25) is 0 Å². The van der Waals surface area contributed by atoms with Gasteiger partial charge in [-0.15, -0.1) is 0 Å². The fourth-order valence-corrected chi connectivity index (χ4v) is 2.80. The van der Waals surface area contributed by atoms with Crippen molar-refractivity contribution in [1.29, 1.82) is 0 Å². The van der Waals surface area contributed by atoms with Crippen LogP contribution in [0.1, 0.15) is 61.9 Å². The van der Waals surface area contributed by atoms with Gasteiger partial charge in [0.1, 0.15) is 5.75 Å². The normalized spacial score (nSPS) is 12.1. The summed E-state index contributed by atoms with van der Waals surface area (Å²) in [7, 11) is 0. The first-order valence-corrected chi connectivity index (χ1v) is 9.02. The van der Waals surface area contributed by atoms with E-state index in [4.69, 9.17) is 4.74 Å². The molecule has 0 fully saturated rings. The first-order valence-electron chi connectivity index (χ1n) is 9.02. The van der Waals surface area contributed by atoms with Crippen LogP contribution < -0.4 is 10.1 Å². The minimum Gasteiger partial charge on any atom is -0.483 e. The molecule has 134 valence electrons. The number of aryl methyl sites for hydroxylation is 2. The highest BCUT2D eigenvalue weighted by atomic mass is 16.5. The van der Waals surface area contributed by atoms with Gasteiger partial charge in [0.25, 0.3) is 5.91 Å². The standard InChI is InChI=1S/C22H29NO2/c1-6-18-8-10-19(11-9-18)17(5)23-22(24)14-25-21-13-16(4)7-12-20(21)15(2)3/h7-13,15,17H,6,14H2,1-5H3,(H,23,24)/t17-/m1/s1. The lowest BCUT2D eigenvalue weighted by atomic mass is 10.0. The number of benzene rings is 2. The van der Waals surface area contributed by atoms with Crippen molar-refractivity contribution in [3.63, 3.8) is 0 Å². The second-order valence-corrected chi connectivity index (χ2v) is 6.87. The second kappa shape index (κ2) is 8.70. The van der Waals surface area contributed by atoms with Gasteiger partial charge >= 0.3 is 0 Å². The molecule has 2 aromatic rings. The third kappa shape index (κ3) is 5.35. The summed E-state index contributed by atoms with van der Waals surface area (Å²) in [6.45, 7) is 10.4. The smallest absolute Gasteiger partial charge is 0.258 e. The lowest BCUT2D eigenvalue weighted by Gasteiger charge is -2.17. The minimum absolute atomic E-state index is 0.0283. The van der Waals surface area contributed by atoms with Gasteiger partial charge in [-0.1, -0.05) is 57.2 Å². The number of hydrogen-bond acceptors (Lipinski definition) is 2. The zero-order chi connectivity index (χ0) is 18.4. The molecule has 3 nitrogen and oxygen atoms in total. The van der Waals surface area contributed by atoms with E-state index in [1.807, 2.05) is 19.9 Å². The number of amides is 1. The quantitative estimate of drug-likeness (QED) is 0.776. The predicted molar refractivity (Wildman–Crippen MR) is 103 cm³/mol. The number of carbonyl (C=O) groups excluding carboxylic acids is 1. The molecule has 0 bridgehead atoms. The van der Waals surface area contributed by atoms with Crippen molar-refractivity contribution in [1.82, 2.24) is 5.32 Å². The predicted octanol–water partition coefficient (Wildman–Crippen LogP) is 4.94. The molecule has 0 aliphatic heterocycles. The number of nitrogens with one attached hydrogen (secondary N) is 1. The van der Waals surface area contributed by atoms with Crippen molar-refractivity contribution >= 4 is 5.91 Å². The molecule has 25 heavy (non-hydrogen) atoms. The van der Waals surface area contributed by atoms with Crippen LogP contribution in [-0.2, 0) is 11.2 Å². The van der Waals surface area contributed by atoms with Crippen LogP contribution in [0.4, 0.5) is 0 Å². The molecule has 1 amide bonds. The summed E-state index contributed by atoms with van der Waals surface area (Å²) < 4.78 is 5.80. The monoisotopic (exact) mass is 339 g/mol. The molecule has 0 spiro atoms. The van der Waals surface area contributed by atoms with Crippen molar-refractivity contribution in [3.8, 4) is 5.75 Å². The molecule has 0 saturated heterocycles. The van der Waals surface area contributed by atoms with Crippen molar-refractivity contribution in [2.24, 2.45) is 0 Å². The highest BCUT2D eigenvalue weighted by molar-refractivity contribution is 5.78. The highest BCUT2D eigenvalue weighted by Gasteiger charge is 2.13. The maximum Gasteiger partial charge on any atom is 0.258 e. The number of carbonyl (C=O) groups is 1. The third-order valence-corrected chi connectivity index (χ3v) is 4.42. The Morgan fingerprint density at radius 2 is 1.76 bits per heavy atom. The van der Waals surface area contributed by atoms with Gasteiger partial charge in [0.2, 0.25) is 0 Å². The van der Waals surface area contributed by atoms with Gasteiger partial charge in [0.05, 0.1) is 6.04 Å². The Hall–Kier alpha value is -2.29. The third-order valence-electron chi connectivity index (χ3n) is 4.42. The molecular formula is C22H29NO2. The minimum atomic E-state index is -0.108. The second-order valence-electron chi connectivity index (χ2n) is 6.87. The molecule has 2 rings (SSSR count). The van der Waals surface area contributed by atoms with E-state index < -0.39 is 0 Å². The first kappa shape index (κ1) is 19.0. The van der Waals surface area contributed by atoms with Gasteiger partial charge in [0.15, 0.2) is 6.61 Å². The molecular weight excluding hydrogens is 310 g/mol. The summed E-state index contributed by atoms with van der Waals surface area (Å²) >= 11 is 0. The zero-order valence-corrected chi connectivity index (χ0v) is 15.9. The number of ether oxygens (including phenoxy) is 1. The van der Waals surface area contributed by atoms with E-state index in [0.717, 1.165) is 28.9 Å². The fraction of sp³-hybridized carbons (Fsp3) is 0.409. The first-order chi connectivity index (χ1) is 11.9. The van der Waals surface area contributed by atoms with E-state index in [2.05, 4.69) is 62.5 Å². The average molecular weight is 339 g/mol. The van der Waals surface area contributed by atoms with Crippen LogP contribution in [0.25, 0.3) is 0 Å². The molecule has 0 aliphatic carbocycles. The molecule has 0 unspecified atom stereocenters. The molecule has 1 atom stereocenters. The van der Waals surface area contributed by atoms with Gasteiger partial charge in [-0.05, 0) is 54.5 Å². The van der Waals surface area contributed by atoms with Crippen LogP contribution in [0.15, 0.2) is 42.5 Å². The van der Waals surface area contributed by atoms with Crippen LogP contribution in [0, 0.1) is 6.92 Å². The Labute approximate surface area is 151 Å². The Morgan fingerprint density at radius 3 is 2.36 bits per heavy atom. The summed E-state index contributed by atoms with van der Waals surface area (Å²) in [5, 5.41) is 3.00. The Morgan fingerprint density at radius 1 is 1.08 bits per heavy atom. The van der Waals surface area contributed by atoms with Gasteiger partial charge in [0, 0.05) is 0 Å². The Bertz CT molecular complexity index is 704. The van der Waals surface area contributed by atoms with Crippen LogP contribution in [0.3, 0.4) is 0 Å². The van der Waals surface area contributed by atoms with E-state index in [9.17, 15) is 4.79 Å². The van der Waals surface area contributed by atoms with Gasteiger partial charge in [-0.2, -0.15) is 0 Å². The molecule has 0 saturated carbocycles. The zero-order valence-electron chi connectivity index (χ0n) is 15.9. The summed E-state index contributed by atoms with van der Waals surface area (Å²) in [5.41, 5.74) is 4.65. The lowest BCUT2D eigenvalue weighted by molar-refractivity contribution is -0.123. The van der Waals surface area contributed by atoms with Crippen LogP contribution in [-0.4, -0.2) is 12.5 Å². The van der Waals surface area contributed by atoms with Crippen molar-refractivity contribution in [2.75, 3.05) is 6.61 Å². The Kier molecular flexibility index (Phi) is 6.63. The maximum absolute atomic E-state index is 12.3. The van der Waals surface area contributed by atoms with E-state index in [0.29, 0.717) is 5.92 Å². The summed E-state index contributed by atoms with van der Waals surface area (Å²) in [6, 6.07) is 14.5. The maximum atomic E-state index is 12.3. The largest absolute Gasteiger partial charge is 0.483 e. The molecule has 3 heteroatoms. The van der Waals surface area contributed by atoms with Crippen molar-refractivity contribution in [2.45, 2.75) is 53.0 Å². The van der Waals surface area contributed by atoms with Crippen LogP contribution in [0.5, 0.6) is 5.75 Å². The van der Waals surface area contributed by atoms with Crippen molar-refractivity contribution in [3.05, 3.63) is 64.7 Å². The molecule has 0 heterocycles. The number of rotatable bonds is 7. The fourth-order valence-electron chi connectivity index (χ4n) is 2.80. The summed E-state index contributed by atoms with van der Waals surface area (Å²) in [5.74, 6) is 1.04. The molecule has 0 aliphatic rings. The molecule has 0 aromatic heterocycles. The lowest BCUT2D eigenvalue weighted by Crippen LogP contribution is -2.31. The molecule has 0 radical (unpaired) electrons. The number of hydrogen-bond donors (Lipinski definition) is 1. The van der Waals surface area contributed by atoms with Gasteiger partial charge in [-0.25, -0.2) is 0 Å². The SMILES string of the molecule is CCc1ccc([C@@H](C)NC(=O)COc2cc(C)ccc2C(C)C)cc1. The Balaban J connectivity index is 1.95. The van der Waals surface area contributed by atoms with E-state index >= 15 is 0 Å². The van der Waals surface area contributed by atoms with E-state index in [-0.39, 0.29) is 18.6 Å². The molecule has 1 N–H and O–H groups in total. The molecule has 2 aromatic carbocycles. The van der Waals surface area contributed by atoms with Crippen LogP contribution >= 0.6 is 0 Å².